The molecule has 122 valence electrons. The van der Waals surface area contributed by atoms with Crippen molar-refractivity contribution in [3.63, 3.8) is 0 Å². The monoisotopic (exact) mass is 328 g/mol. The van der Waals surface area contributed by atoms with Crippen molar-refractivity contribution in [3.05, 3.63) is 81.7 Å². The van der Waals surface area contributed by atoms with Gasteiger partial charge in [-0.15, -0.1) is 0 Å². The van der Waals surface area contributed by atoms with Gasteiger partial charge >= 0.3 is 6.18 Å². The standard InChI is InChI=1S/C19H15F3N2/c1-23-17-15-7-6-14(19(20,21)22)10-13(15)11-24-9-8-12-4-2-3-5-16(12)18(17)24/h2-7,10,17-18H,8-9,11H2/t17-,18-/m0/s1. The van der Waals surface area contributed by atoms with Gasteiger partial charge in [-0.3, -0.25) is 4.90 Å². The largest absolute Gasteiger partial charge is 0.416 e. The molecule has 0 fully saturated rings. The molecular formula is C19H15F3N2. The summed E-state index contributed by atoms with van der Waals surface area (Å²) in [7, 11) is 0. The maximum absolute atomic E-state index is 13.0. The molecule has 0 amide bonds. The van der Waals surface area contributed by atoms with E-state index in [9.17, 15) is 13.2 Å². The number of rotatable bonds is 0. The third kappa shape index (κ3) is 2.30. The quantitative estimate of drug-likeness (QED) is 0.632. The molecule has 2 aliphatic heterocycles. The molecule has 4 rings (SSSR count). The van der Waals surface area contributed by atoms with E-state index in [0.29, 0.717) is 12.1 Å². The van der Waals surface area contributed by atoms with E-state index in [1.807, 2.05) is 18.2 Å². The highest BCUT2D eigenvalue weighted by Gasteiger charge is 2.44. The highest BCUT2D eigenvalue weighted by atomic mass is 19.4. The van der Waals surface area contributed by atoms with Crippen LogP contribution in [0.2, 0.25) is 0 Å². The lowest BCUT2D eigenvalue weighted by Gasteiger charge is -2.41. The van der Waals surface area contributed by atoms with E-state index >= 15 is 0 Å². The van der Waals surface area contributed by atoms with Crippen LogP contribution >= 0.6 is 0 Å². The van der Waals surface area contributed by atoms with E-state index in [2.05, 4.69) is 15.8 Å². The van der Waals surface area contributed by atoms with Crippen LogP contribution in [0.3, 0.4) is 0 Å². The molecule has 0 saturated carbocycles. The first-order valence-corrected chi connectivity index (χ1v) is 7.87. The SMILES string of the molecule is [C-]#[N+][C@H]1c2ccc(C(F)(F)F)cc2CN2CCc3ccccc3[C@@H]12. The Morgan fingerprint density at radius 1 is 1.04 bits per heavy atom. The lowest BCUT2D eigenvalue weighted by molar-refractivity contribution is -0.137. The van der Waals surface area contributed by atoms with Crippen molar-refractivity contribution in [3.8, 4) is 0 Å². The second-order valence-electron chi connectivity index (χ2n) is 6.35. The average Bonchev–Trinajstić information content (AvgIpc) is 2.58. The number of halogens is 3. The first-order valence-electron chi connectivity index (χ1n) is 7.87. The van der Waals surface area contributed by atoms with Gasteiger partial charge in [0, 0.05) is 18.7 Å². The average molecular weight is 328 g/mol. The maximum atomic E-state index is 13.0. The Morgan fingerprint density at radius 3 is 2.58 bits per heavy atom. The van der Waals surface area contributed by atoms with E-state index in [4.69, 9.17) is 6.57 Å². The molecule has 0 saturated heterocycles. The van der Waals surface area contributed by atoms with E-state index < -0.39 is 17.8 Å². The van der Waals surface area contributed by atoms with Crippen LogP contribution < -0.4 is 0 Å². The molecule has 5 heteroatoms. The molecule has 2 atom stereocenters. The van der Waals surface area contributed by atoms with Gasteiger partial charge in [-0.2, -0.15) is 13.2 Å². The van der Waals surface area contributed by atoms with Gasteiger partial charge in [0.15, 0.2) is 0 Å². The van der Waals surface area contributed by atoms with Gasteiger partial charge in [-0.25, -0.2) is 6.57 Å². The van der Waals surface area contributed by atoms with Crippen molar-refractivity contribution in [2.45, 2.75) is 31.2 Å². The third-order valence-electron chi connectivity index (χ3n) is 5.04. The summed E-state index contributed by atoms with van der Waals surface area (Å²) in [6, 6.07) is 11.4. The summed E-state index contributed by atoms with van der Waals surface area (Å²) in [5.41, 5.74) is 3.09. The Bertz CT molecular complexity index is 835. The summed E-state index contributed by atoms with van der Waals surface area (Å²) >= 11 is 0. The molecule has 24 heavy (non-hydrogen) atoms. The molecule has 0 aliphatic carbocycles. The molecule has 0 unspecified atom stereocenters. The highest BCUT2D eigenvalue weighted by Crippen LogP contribution is 2.47. The van der Waals surface area contributed by atoms with Crippen LogP contribution in [0.4, 0.5) is 13.2 Å². The predicted octanol–water partition coefficient (Wildman–Crippen LogP) is 4.78. The fraction of sp³-hybridized carbons (Fsp3) is 0.316. The van der Waals surface area contributed by atoms with Crippen LogP contribution in [0.25, 0.3) is 4.85 Å². The first kappa shape index (κ1) is 15.2. The van der Waals surface area contributed by atoms with Crippen LogP contribution in [0, 0.1) is 6.57 Å². The number of hydrogen-bond donors (Lipinski definition) is 0. The van der Waals surface area contributed by atoms with Crippen molar-refractivity contribution in [2.24, 2.45) is 0 Å². The molecule has 0 radical (unpaired) electrons. The van der Waals surface area contributed by atoms with E-state index in [1.54, 1.807) is 0 Å². The fourth-order valence-corrected chi connectivity index (χ4v) is 3.93. The molecule has 2 aromatic rings. The normalized spacial score (nSPS) is 22.9. The van der Waals surface area contributed by atoms with Gasteiger partial charge in [0.25, 0.3) is 6.04 Å². The zero-order chi connectivity index (χ0) is 16.9. The molecule has 0 spiro atoms. The van der Waals surface area contributed by atoms with E-state index in [0.717, 1.165) is 30.2 Å². The van der Waals surface area contributed by atoms with Crippen molar-refractivity contribution < 1.29 is 13.2 Å². The summed E-state index contributed by atoms with van der Waals surface area (Å²) in [5.74, 6) is 0. The molecule has 2 nitrogen and oxygen atoms in total. The third-order valence-corrected chi connectivity index (χ3v) is 5.04. The second kappa shape index (κ2) is 5.35. The summed E-state index contributed by atoms with van der Waals surface area (Å²) in [4.78, 5) is 5.94. The number of hydrogen-bond acceptors (Lipinski definition) is 1. The maximum Gasteiger partial charge on any atom is 0.416 e. The van der Waals surface area contributed by atoms with Gasteiger partial charge in [0.1, 0.15) is 6.04 Å². The smallest absolute Gasteiger partial charge is 0.306 e. The Kier molecular flexibility index (Phi) is 3.40. The summed E-state index contributed by atoms with van der Waals surface area (Å²) in [6.45, 7) is 8.87. The van der Waals surface area contributed by atoms with Crippen LogP contribution in [0.5, 0.6) is 0 Å². The van der Waals surface area contributed by atoms with Crippen molar-refractivity contribution in [1.29, 1.82) is 0 Å². The predicted molar refractivity (Wildman–Crippen MR) is 84.1 cm³/mol. The fourth-order valence-electron chi connectivity index (χ4n) is 3.93. The Balaban J connectivity index is 1.83. The lowest BCUT2D eigenvalue weighted by Crippen LogP contribution is -2.41. The van der Waals surface area contributed by atoms with Crippen LogP contribution in [0.1, 0.15) is 39.9 Å². The molecule has 2 aromatic carbocycles. The van der Waals surface area contributed by atoms with Gasteiger partial charge in [-0.1, -0.05) is 30.3 Å². The first-order chi connectivity index (χ1) is 11.5. The second-order valence-corrected chi connectivity index (χ2v) is 6.35. The van der Waals surface area contributed by atoms with E-state index in [1.165, 1.54) is 17.7 Å². The van der Waals surface area contributed by atoms with Crippen molar-refractivity contribution in [2.75, 3.05) is 6.54 Å². The van der Waals surface area contributed by atoms with Crippen LogP contribution in [0.15, 0.2) is 42.5 Å². The van der Waals surface area contributed by atoms with Gasteiger partial charge in [-0.05, 0) is 35.2 Å². The summed E-state index contributed by atoms with van der Waals surface area (Å²) < 4.78 is 39.0. The Hall–Kier alpha value is -2.32. The lowest BCUT2D eigenvalue weighted by atomic mass is 9.80. The Labute approximate surface area is 138 Å². The molecule has 2 heterocycles. The minimum atomic E-state index is -4.35. The minimum Gasteiger partial charge on any atom is -0.306 e. The van der Waals surface area contributed by atoms with Gasteiger partial charge in [0.05, 0.1) is 5.56 Å². The molecule has 0 aromatic heterocycles. The van der Waals surface area contributed by atoms with Crippen molar-refractivity contribution >= 4 is 0 Å². The van der Waals surface area contributed by atoms with Crippen LogP contribution in [-0.2, 0) is 19.1 Å². The van der Waals surface area contributed by atoms with Crippen LogP contribution in [-0.4, -0.2) is 11.4 Å². The summed E-state index contributed by atoms with van der Waals surface area (Å²) in [5, 5.41) is 0. The van der Waals surface area contributed by atoms with E-state index in [-0.39, 0.29) is 6.04 Å². The number of nitrogens with zero attached hydrogens (tertiary/aromatic N) is 2. The zero-order valence-corrected chi connectivity index (χ0v) is 12.8. The highest BCUT2D eigenvalue weighted by molar-refractivity contribution is 5.44. The molecule has 0 N–H and O–H groups in total. The number of alkyl halides is 3. The minimum absolute atomic E-state index is 0.0725. The van der Waals surface area contributed by atoms with Gasteiger partial charge < -0.3 is 4.85 Å². The zero-order valence-electron chi connectivity index (χ0n) is 12.8. The summed E-state index contributed by atoms with van der Waals surface area (Å²) in [6.07, 6.45) is -3.49. The molecular weight excluding hydrogens is 313 g/mol. The van der Waals surface area contributed by atoms with Gasteiger partial charge in [0.2, 0.25) is 0 Å². The number of fused-ring (bicyclic) bond motifs is 4. The molecule has 2 aliphatic rings. The molecule has 0 bridgehead atoms. The number of benzene rings is 2. The topological polar surface area (TPSA) is 7.60 Å². The Morgan fingerprint density at radius 2 is 1.83 bits per heavy atom. The van der Waals surface area contributed by atoms with Crippen molar-refractivity contribution in [1.82, 2.24) is 4.90 Å².